The van der Waals surface area contributed by atoms with Crippen LogP contribution in [0.5, 0.6) is 0 Å². The van der Waals surface area contributed by atoms with Gasteiger partial charge in [-0.3, -0.25) is 9.59 Å². The number of alkyl halides is 1. The van der Waals surface area contributed by atoms with E-state index in [9.17, 15) is 9.59 Å². The number of ether oxygens (including phenoxy) is 1. The van der Waals surface area contributed by atoms with Crippen LogP contribution in [0.1, 0.15) is 48.5 Å². The van der Waals surface area contributed by atoms with E-state index in [0.29, 0.717) is 30.9 Å². The van der Waals surface area contributed by atoms with Gasteiger partial charge in [-0.2, -0.15) is 0 Å². The molecule has 0 heterocycles. The van der Waals surface area contributed by atoms with E-state index in [1.54, 1.807) is 38.1 Å². The number of esters is 1. The van der Waals surface area contributed by atoms with Crippen LogP contribution >= 0.6 is 11.6 Å². The monoisotopic (exact) mass is 282 g/mol. The van der Waals surface area contributed by atoms with E-state index >= 15 is 0 Å². The Hall–Kier alpha value is -1.35. The Kier molecular flexibility index (Phi) is 6.57. The number of halogens is 1. The highest BCUT2D eigenvalue weighted by atomic mass is 35.5. The highest BCUT2D eigenvalue weighted by Gasteiger charge is 2.16. The molecule has 0 aromatic heterocycles. The topological polar surface area (TPSA) is 43.4 Å². The summed E-state index contributed by atoms with van der Waals surface area (Å²) >= 11 is 5.56. The molecule has 1 rings (SSSR count). The zero-order valence-corrected chi connectivity index (χ0v) is 12.1. The van der Waals surface area contributed by atoms with Crippen molar-refractivity contribution < 1.29 is 14.3 Å². The normalized spacial score (nSPS) is 11.9. The second kappa shape index (κ2) is 7.95. The molecule has 0 amide bonds. The summed E-state index contributed by atoms with van der Waals surface area (Å²) in [6.45, 7) is 3.95. The van der Waals surface area contributed by atoms with Gasteiger partial charge in [-0.1, -0.05) is 24.3 Å². The Morgan fingerprint density at radius 2 is 1.89 bits per heavy atom. The number of carbonyl (C=O) groups excluding carboxylic acids is 2. The lowest BCUT2D eigenvalue weighted by Gasteiger charge is -2.11. The van der Waals surface area contributed by atoms with Crippen LogP contribution in [-0.2, 0) is 9.53 Å². The fourth-order valence-corrected chi connectivity index (χ4v) is 1.87. The first-order valence-electron chi connectivity index (χ1n) is 6.46. The van der Waals surface area contributed by atoms with Crippen molar-refractivity contribution in [2.24, 2.45) is 0 Å². The predicted molar refractivity (Wildman–Crippen MR) is 75.8 cm³/mol. The van der Waals surface area contributed by atoms with Crippen LogP contribution in [0, 0.1) is 0 Å². The van der Waals surface area contributed by atoms with Crippen LogP contribution in [0.3, 0.4) is 0 Å². The molecule has 0 fully saturated rings. The second-order valence-corrected chi connectivity index (χ2v) is 4.69. The van der Waals surface area contributed by atoms with Crippen molar-refractivity contribution in [2.45, 2.75) is 32.6 Å². The van der Waals surface area contributed by atoms with Crippen LogP contribution in [0.15, 0.2) is 24.3 Å². The number of hydrogen-bond acceptors (Lipinski definition) is 3. The molecule has 104 valence electrons. The van der Waals surface area contributed by atoms with Gasteiger partial charge in [0.1, 0.15) is 0 Å². The minimum Gasteiger partial charge on any atom is -0.466 e. The summed E-state index contributed by atoms with van der Waals surface area (Å²) in [5.41, 5.74) is 1.51. The van der Waals surface area contributed by atoms with Crippen molar-refractivity contribution in [3.63, 3.8) is 0 Å². The maximum atomic E-state index is 11.8. The van der Waals surface area contributed by atoms with E-state index in [-0.39, 0.29) is 17.7 Å². The number of rotatable bonds is 7. The van der Waals surface area contributed by atoms with Gasteiger partial charge in [0.15, 0.2) is 5.78 Å². The third kappa shape index (κ3) is 4.67. The maximum absolute atomic E-state index is 11.8. The lowest BCUT2D eigenvalue weighted by molar-refractivity contribution is -0.144. The van der Waals surface area contributed by atoms with Crippen LogP contribution in [-0.4, -0.2) is 24.2 Å². The molecule has 1 unspecified atom stereocenters. The van der Waals surface area contributed by atoms with E-state index in [1.807, 2.05) is 0 Å². The van der Waals surface area contributed by atoms with E-state index in [0.717, 1.165) is 5.56 Å². The van der Waals surface area contributed by atoms with Crippen LogP contribution in [0.4, 0.5) is 0 Å². The summed E-state index contributed by atoms with van der Waals surface area (Å²) < 4.78 is 4.97. The summed E-state index contributed by atoms with van der Waals surface area (Å²) in [6.07, 6.45) is 1.14. The van der Waals surface area contributed by atoms with Gasteiger partial charge < -0.3 is 4.74 Å². The van der Waals surface area contributed by atoms with Gasteiger partial charge in [0.2, 0.25) is 0 Å². The second-order valence-electron chi connectivity index (χ2n) is 4.31. The molecule has 0 N–H and O–H groups in total. The highest BCUT2D eigenvalue weighted by Crippen LogP contribution is 2.18. The Morgan fingerprint density at radius 1 is 1.26 bits per heavy atom. The number of ketones is 1. The quantitative estimate of drug-likeness (QED) is 0.436. The van der Waals surface area contributed by atoms with Gasteiger partial charge >= 0.3 is 5.97 Å². The van der Waals surface area contributed by atoms with E-state index in [1.165, 1.54) is 0 Å². The number of Topliss-reactive ketones (excluding diaryl/α,β-unsaturated/α-hetero) is 1. The molecular weight excluding hydrogens is 264 g/mol. The summed E-state index contributed by atoms with van der Waals surface area (Å²) in [6, 6.07) is 7.11. The average Bonchev–Trinajstić information content (AvgIpc) is 2.44. The average molecular weight is 283 g/mol. The van der Waals surface area contributed by atoms with Crippen LogP contribution in [0.25, 0.3) is 0 Å². The van der Waals surface area contributed by atoms with Crippen molar-refractivity contribution in [3.05, 3.63) is 35.4 Å². The smallest absolute Gasteiger partial charge is 0.313 e. The Bertz CT molecular complexity index is 426. The Balaban J connectivity index is 2.70. The Labute approximate surface area is 118 Å². The first-order valence-corrected chi connectivity index (χ1v) is 6.99. The highest BCUT2D eigenvalue weighted by molar-refractivity contribution is 6.18. The molecule has 0 spiro atoms. The molecule has 0 saturated heterocycles. The molecule has 0 aliphatic heterocycles. The van der Waals surface area contributed by atoms with Gasteiger partial charge in [-0.25, -0.2) is 0 Å². The van der Waals surface area contributed by atoms with Crippen LogP contribution < -0.4 is 0 Å². The van der Waals surface area contributed by atoms with Crippen molar-refractivity contribution in [3.8, 4) is 0 Å². The molecule has 0 aliphatic rings. The minimum atomic E-state index is -0.313. The Morgan fingerprint density at radius 3 is 2.42 bits per heavy atom. The number of carbonyl (C=O) groups is 2. The molecule has 19 heavy (non-hydrogen) atoms. The molecule has 1 aromatic rings. The van der Waals surface area contributed by atoms with Crippen LogP contribution in [0.2, 0.25) is 0 Å². The third-order valence-electron chi connectivity index (χ3n) is 2.91. The summed E-state index contributed by atoms with van der Waals surface area (Å²) in [5, 5.41) is 0. The lowest BCUT2D eigenvalue weighted by Crippen LogP contribution is -2.13. The van der Waals surface area contributed by atoms with Crippen molar-refractivity contribution in [1.82, 2.24) is 0 Å². The van der Waals surface area contributed by atoms with Gasteiger partial charge in [-0.15, -0.1) is 11.6 Å². The molecule has 0 saturated carbocycles. The number of hydrogen-bond donors (Lipinski definition) is 0. The molecule has 3 nitrogen and oxygen atoms in total. The summed E-state index contributed by atoms with van der Waals surface area (Å²) in [5.74, 6) is 0.00984. The molecular formula is C15H19ClO3. The first-order chi connectivity index (χ1) is 9.10. The molecule has 0 aliphatic carbocycles. The molecule has 0 bridgehead atoms. The largest absolute Gasteiger partial charge is 0.466 e. The van der Waals surface area contributed by atoms with Crippen molar-refractivity contribution in [1.29, 1.82) is 0 Å². The number of benzene rings is 1. The fraction of sp³-hybridized carbons (Fsp3) is 0.467. The van der Waals surface area contributed by atoms with Crippen molar-refractivity contribution >= 4 is 23.4 Å². The SMILES string of the molecule is CCOC(=O)C(C)c1ccc(C(=O)CCCCl)cc1. The summed E-state index contributed by atoms with van der Waals surface area (Å²) in [7, 11) is 0. The maximum Gasteiger partial charge on any atom is 0.313 e. The lowest BCUT2D eigenvalue weighted by atomic mass is 9.98. The van der Waals surface area contributed by atoms with Gasteiger partial charge in [0, 0.05) is 17.9 Å². The fourth-order valence-electron chi connectivity index (χ4n) is 1.73. The molecule has 1 atom stereocenters. The van der Waals surface area contributed by atoms with E-state index in [2.05, 4.69) is 0 Å². The first kappa shape index (κ1) is 15.7. The minimum absolute atomic E-state index is 0.0796. The zero-order valence-electron chi connectivity index (χ0n) is 11.3. The predicted octanol–water partition coefficient (Wildman–Crippen LogP) is 3.55. The van der Waals surface area contributed by atoms with Crippen molar-refractivity contribution in [2.75, 3.05) is 12.5 Å². The van der Waals surface area contributed by atoms with Gasteiger partial charge in [0.25, 0.3) is 0 Å². The zero-order chi connectivity index (χ0) is 14.3. The molecule has 0 radical (unpaired) electrons. The van der Waals surface area contributed by atoms with E-state index < -0.39 is 0 Å². The molecule has 1 aromatic carbocycles. The third-order valence-corrected chi connectivity index (χ3v) is 3.18. The van der Waals surface area contributed by atoms with E-state index in [4.69, 9.17) is 16.3 Å². The standard InChI is InChI=1S/C15H19ClO3/c1-3-19-15(18)11(2)12-6-8-13(9-7-12)14(17)5-4-10-16/h6-9,11H,3-5,10H2,1-2H3. The van der Waals surface area contributed by atoms with Gasteiger partial charge in [-0.05, 0) is 25.8 Å². The molecule has 4 heteroatoms. The van der Waals surface area contributed by atoms with Gasteiger partial charge in [0.05, 0.1) is 12.5 Å². The summed E-state index contributed by atoms with van der Waals surface area (Å²) in [4.78, 5) is 23.4.